The average Bonchev–Trinajstić information content (AvgIpc) is 2.33. The third-order valence-corrected chi connectivity index (χ3v) is 2.60. The van der Waals surface area contributed by atoms with Crippen molar-refractivity contribution in [2.75, 3.05) is 25.1 Å². The summed E-state index contributed by atoms with van der Waals surface area (Å²) in [6, 6.07) is 1.91. The van der Waals surface area contributed by atoms with Gasteiger partial charge >= 0.3 is 0 Å². The zero-order valence-electron chi connectivity index (χ0n) is 10.7. The summed E-state index contributed by atoms with van der Waals surface area (Å²) < 4.78 is 0. The Hall–Kier alpha value is -1.20. The molecule has 3 N–H and O–H groups in total. The van der Waals surface area contributed by atoms with E-state index in [-0.39, 0.29) is 6.61 Å². The van der Waals surface area contributed by atoms with E-state index in [1.807, 2.05) is 24.9 Å². The van der Waals surface area contributed by atoms with E-state index in [0.29, 0.717) is 6.54 Å². The molecule has 0 fully saturated rings. The van der Waals surface area contributed by atoms with E-state index in [4.69, 9.17) is 10.8 Å². The molecule has 0 unspecified atom stereocenters. The quantitative estimate of drug-likeness (QED) is 0.689. The van der Waals surface area contributed by atoms with Gasteiger partial charge in [-0.05, 0) is 32.3 Å². The summed E-state index contributed by atoms with van der Waals surface area (Å²) in [6.45, 7) is 3.55. The van der Waals surface area contributed by atoms with E-state index in [2.05, 4.69) is 9.97 Å². The van der Waals surface area contributed by atoms with Gasteiger partial charge in [0.1, 0.15) is 0 Å². The zero-order chi connectivity index (χ0) is 12.7. The van der Waals surface area contributed by atoms with Crippen molar-refractivity contribution in [2.24, 2.45) is 5.73 Å². The summed E-state index contributed by atoms with van der Waals surface area (Å²) in [4.78, 5) is 10.8. The predicted molar refractivity (Wildman–Crippen MR) is 68.9 cm³/mol. The Kier molecular flexibility index (Phi) is 5.86. The largest absolute Gasteiger partial charge is 0.396 e. The molecule has 0 saturated heterocycles. The number of hydrogen-bond acceptors (Lipinski definition) is 5. The minimum absolute atomic E-state index is 0.266. The number of aromatic nitrogens is 2. The van der Waals surface area contributed by atoms with Crippen molar-refractivity contribution in [2.45, 2.75) is 32.7 Å². The highest BCUT2D eigenvalue weighted by Gasteiger charge is 2.06. The highest BCUT2D eigenvalue weighted by Crippen LogP contribution is 2.09. The highest BCUT2D eigenvalue weighted by atomic mass is 16.2. The molecule has 0 radical (unpaired) electrons. The third kappa shape index (κ3) is 4.66. The minimum atomic E-state index is 0.266. The molecule has 1 aromatic heterocycles. The first kappa shape index (κ1) is 13.9. The van der Waals surface area contributed by atoms with Gasteiger partial charge in [0, 0.05) is 32.4 Å². The molecular weight excluding hydrogens is 216 g/mol. The van der Waals surface area contributed by atoms with Gasteiger partial charge in [0.05, 0.1) is 5.69 Å². The van der Waals surface area contributed by atoms with Crippen LogP contribution in [0.2, 0.25) is 0 Å². The van der Waals surface area contributed by atoms with Crippen LogP contribution >= 0.6 is 0 Å². The van der Waals surface area contributed by atoms with Crippen molar-refractivity contribution in [3.63, 3.8) is 0 Å². The Bertz CT molecular complexity index is 343. The number of aliphatic hydroxyl groups excluding tert-OH is 1. The van der Waals surface area contributed by atoms with Gasteiger partial charge in [0.2, 0.25) is 5.95 Å². The van der Waals surface area contributed by atoms with E-state index in [1.165, 1.54) is 0 Å². The van der Waals surface area contributed by atoms with Crippen molar-refractivity contribution in [1.29, 1.82) is 0 Å². The van der Waals surface area contributed by atoms with E-state index in [1.54, 1.807) is 0 Å². The Balaban J connectivity index is 2.55. The Morgan fingerprint density at radius 1 is 1.29 bits per heavy atom. The second-order valence-electron chi connectivity index (χ2n) is 4.21. The summed E-state index contributed by atoms with van der Waals surface area (Å²) in [5.74, 6) is 0.731. The molecule has 1 rings (SSSR count). The number of anilines is 1. The van der Waals surface area contributed by atoms with Crippen LogP contribution in [0.25, 0.3) is 0 Å². The fraction of sp³-hybridized carbons (Fsp3) is 0.667. The molecule has 0 amide bonds. The lowest BCUT2D eigenvalue weighted by atomic mass is 10.2. The molecule has 0 atom stereocenters. The zero-order valence-corrected chi connectivity index (χ0v) is 10.7. The van der Waals surface area contributed by atoms with Crippen molar-refractivity contribution in [3.05, 3.63) is 17.5 Å². The lowest BCUT2D eigenvalue weighted by Crippen LogP contribution is -2.22. The van der Waals surface area contributed by atoms with Crippen LogP contribution < -0.4 is 10.6 Å². The number of unbranched alkanes of at least 4 members (excludes halogenated alkanes) is 2. The van der Waals surface area contributed by atoms with Crippen molar-refractivity contribution >= 4 is 5.95 Å². The average molecular weight is 238 g/mol. The first-order valence-corrected chi connectivity index (χ1v) is 6.04. The maximum Gasteiger partial charge on any atom is 0.225 e. The minimum Gasteiger partial charge on any atom is -0.396 e. The standard InChI is InChI=1S/C12H22N4O/c1-10-8-11(9-13)15-12(14-10)16(2)6-4-3-5-7-17/h8,17H,3-7,9,13H2,1-2H3. The molecule has 0 aliphatic rings. The third-order valence-electron chi connectivity index (χ3n) is 2.60. The second kappa shape index (κ2) is 7.19. The molecular formula is C12H22N4O. The van der Waals surface area contributed by atoms with Gasteiger partial charge < -0.3 is 15.7 Å². The molecule has 0 aliphatic heterocycles. The SMILES string of the molecule is Cc1cc(CN)nc(N(C)CCCCCO)n1. The first-order chi connectivity index (χ1) is 8.17. The van der Waals surface area contributed by atoms with Crippen LogP contribution in [0.5, 0.6) is 0 Å². The lowest BCUT2D eigenvalue weighted by Gasteiger charge is -2.17. The van der Waals surface area contributed by atoms with Crippen LogP contribution in [0.4, 0.5) is 5.95 Å². The monoisotopic (exact) mass is 238 g/mol. The van der Waals surface area contributed by atoms with E-state index >= 15 is 0 Å². The molecule has 0 aliphatic carbocycles. The molecule has 0 saturated carbocycles. The maximum atomic E-state index is 8.70. The molecule has 96 valence electrons. The number of rotatable bonds is 7. The first-order valence-electron chi connectivity index (χ1n) is 6.04. The van der Waals surface area contributed by atoms with Crippen molar-refractivity contribution in [1.82, 2.24) is 9.97 Å². The number of hydrogen-bond donors (Lipinski definition) is 2. The summed E-state index contributed by atoms with van der Waals surface area (Å²) >= 11 is 0. The number of aliphatic hydroxyl groups is 1. The predicted octanol–water partition coefficient (Wildman–Crippen LogP) is 0.843. The molecule has 1 heterocycles. The molecule has 0 bridgehead atoms. The summed E-state index contributed by atoms with van der Waals surface area (Å²) in [5, 5.41) is 8.70. The number of nitrogens with zero attached hydrogens (tertiary/aromatic N) is 3. The van der Waals surface area contributed by atoms with Gasteiger partial charge in [-0.3, -0.25) is 0 Å². The van der Waals surface area contributed by atoms with Gasteiger partial charge in [0.25, 0.3) is 0 Å². The van der Waals surface area contributed by atoms with Gasteiger partial charge in [-0.2, -0.15) is 0 Å². The summed E-state index contributed by atoms with van der Waals surface area (Å²) in [5.41, 5.74) is 7.40. The molecule has 5 heteroatoms. The lowest BCUT2D eigenvalue weighted by molar-refractivity contribution is 0.283. The molecule has 0 spiro atoms. The fourth-order valence-electron chi connectivity index (χ4n) is 1.63. The molecule has 1 aromatic rings. The number of aryl methyl sites for hydroxylation is 1. The fourth-order valence-corrected chi connectivity index (χ4v) is 1.63. The normalized spacial score (nSPS) is 10.6. The van der Waals surface area contributed by atoms with Crippen LogP contribution in [0.15, 0.2) is 6.07 Å². The van der Waals surface area contributed by atoms with Crippen LogP contribution in [-0.2, 0) is 6.54 Å². The van der Waals surface area contributed by atoms with Crippen LogP contribution in [0, 0.1) is 6.92 Å². The maximum absolute atomic E-state index is 8.70. The van der Waals surface area contributed by atoms with Gasteiger partial charge in [-0.1, -0.05) is 0 Å². The van der Waals surface area contributed by atoms with E-state index < -0.39 is 0 Å². The summed E-state index contributed by atoms with van der Waals surface area (Å²) in [7, 11) is 1.98. The smallest absolute Gasteiger partial charge is 0.225 e. The van der Waals surface area contributed by atoms with E-state index in [0.717, 1.165) is 43.1 Å². The van der Waals surface area contributed by atoms with E-state index in [9.17, 15) is 0 Å². The van der Waals surface area contributed by atoms with Gasteiger partial charge in [-0.15, -0.1) is 0 Å². The van der Waals surface area contributed by atoms with Crippen molar-refractivity contribution < 1.29 is 5.11 Å². The molecule has 5 nitrogen and oxygen atoms in total. The second-order valence-corrected chi connectivity index (χ2v) is 4.21. The van der Waals surface area contributed by atoms with Gasteiger partial charge in [0.15, 0.2) is 0 Å². The van der Waals surface area contributed by atoms with Gasteiger partial charge in [-0.25, -0.2) is 9.97 Å². The van der Waals surface area contributed by atoms with Crippen LogP contribution in [-0.4, -0.2) is 35.3 Å². The molecule has 0 aromatic carbocycles. The molecule has 17 heavy (non-hydrogen) atoms. The Morgan fingerprint density at radius 2 is 2.06 bits per heavy atom. The number of nitrogens with two attached hydrogens (primary N) is 1. The van der Waals surface area contributed by atoms with Crippen LogP contribution in [0.1, 0.15) is 30.7 Å². The Morgan fingerprint density at radius 3 is 2.71 bits per heavy atom. The highest BCUT2D eigenvalue weighted by molar-refractivity contribution is 5.30. The Labute approximate surface area is 103 Å². The summed E-state index contributed by atoms with van der Waals surface area (Å²) in [6.07, 6.45) is 2.92. The van der Waals surface area contributed by atoms with Crippen molar-refractivity contribution in [3.8, 4) is 0 Å². The van der Waals surface area contributed by atoms with Crippen LogP contribution in [0.3, 0.4) is 0 Å². The topological polar surface area (TPSA) is 75.3 Å².